The molecule has 3 heterocycles. The van der Waals surface area contributed by atoms with Crippen molar-refractivity contribution in [1.29, 1.82) is 0 Å². The summed E-state index contributed by atoms with van der Waals surface area (Å²) in [5.74, 6) is 0.850. The van der Waals surface area contributed by atoms with Crippen molar-refractivity contribution in [3.63, 3.8) is 0 Å². The SMILES string of the molecule is Cn1ncc2c(N3CCOC(C(N)=S)C3)ncnc21. The Morgan fingerprint density at radius 1 is 1.53 bits per heavy atom. The summed E-state index contributed by atoms with van der Waals surface area (Å²) < 4.78 is 7.26. The molecule has 1 unspecified atom stereocenters. The number of anilines is 1. The summed E-state index contributed by atoms with van der Waals surface area (Å²) in [6.07, 6.45) is 3.09. The maximum Gasteiger partial charge on any atom is 0.163 e. The van der Waals surface area contributed by atoms with Gasteiger partial charge in [0.1, 0.15) is 23.2 Å². The minimum Gasteiger partial charge on any atom is -0.391 e. The largest absolute Gasteiger partial charge is 0.391 e. The van der Waals surface area contributed by atoms with Gasteiger partial charge in [-0.25, -0.2) is 9.97 Å². The fraction of sp³-hybridized carbons (Fsp3) is 0.455. The van der Waals surface area contributed by atoms with E-state index in [1.165, 1.54) is 0 Å². The number of nitrogens with zero attached hydrogens (tertiary/aromatic N) is 5. The highest BCUT2D eigenvalue weighted by Gasteiger charge is 2.25. The van der Waals surface area contributed by atoms with Crippen molar-refractivity contribution in [3.05, 3.63) is 12.5 Å². The third-order valence-corrected chi connectivity index (χ3v) is 3.45. The molecule has 0 radical (unpaired) electrons. The molecule has 0 aliphatic carbocycles. The lowest BCUT2D eigenvalue weighted by atomic mass is 10.2. The quantitative estimate of drug-likeness (QED) is 0.765. The van der Waals surface area contributed by atoms with Gasteiger partial charge in [-0.2, -0.15) is 5.10 Å². The van der Waals surface area contributed by atoms with E-state index >= 15 is 0 Å². The van der Waals surface area contributed by atoms with Crippen LogP contribution in [0.25, 0.3) is 11.0 Å². The van der Waals surface area contributed by atoms with Crippen molar-refractivity contribution in [3.8, 4) is 0 Å². The van der Waals surface area contributed by atoms with Crippen LogP contribution in [0.4, 0.5) is 5.82 Å². The molecule has 1 aliphatic rings. The molecule has 0 aromatic carbocycles. The second kappa shape index (κ2) is 4.71. The maximum atomic E-state index is 5.65. The minimum absolute atomic E-state index is 0.231. The van der Waals surface area contributed by atoms with E-state index in [1.807, 2.05) is 7.05 Å². The Bertz CT molecular complexity index is 627. The van der Waals surface area contributed by atoms with Crippen LogP contribution in [0.2, 0.25) is 0 Å². The fourth-order valence-electron chi connectivity index (χ4n) is 2.22. The Labute approximate surface area is 115 Å². The smallest absolute Gasteiger partial charge is 0.163 e. The number of hydrogen-bond acceptors (Lipinski definition) is 6. The summed E-state index contributed by atoms with van der Waals surface area (Å²) in [5, 5.41) is 5.14. The monoisotopic (exact) mass is 278 g/mol. The highest BCUT2D eigenvalue weighted by Crippen LogP contribution is 2.23. The van der Waals surface area contributed by atoms with Gasteiger partial charge < -0.3 is 15.4 Å². The molecular formula is C11H14N6OS. The zero-order chi connectivity index (χ0) is 13.4. The van der Waals surface area contributed by atoms with Gasteiger partial charge in [-0.05, 0) is 0 Å². The Balaban J connectivity index is 1.97. The Morgan fingerprint density at radius 3 is 3.16 bits per heavy atom. The molecule has 2 aromatic rings. The Hall–Kier alpha value is -1.80. The summed E-state index contributed by atoms with van der Waals surface area (Å²) >= 11 is 5.00. The number of hydrogen-bond donors (Lipinski definition) is 1. The van der Waals surface area contributed by atoms with Gasteiger partial charge in [-0.3, -0.25) is 4.68 Å². The molecule has 7 nitrogen and oxygen atoms in total. The van der Waals surface area contributed by atoms with Crippen molar-refractivity contribution >= 4 is 34.1 Å². The van der Waals surface area contributed by atoms with Crippen LogP contribution in [0, 0.1) is 0 Å². The number of aromatic nitrogens is 4. The highest BCUT2D eigenvalue weighted by molar-refractivity contribution is 7.80. The standard InChI is InChI=1S/C11H14N6OS/c1-16-10-7(4-15-16)11(14-6-13-10)17-2-3-18-8(5-17)9(12)19/h4,6,8H,2-3,5H2,1H3,(H2,12,19). The van der Waals surface area contributed by atoms with E-state index in [0.29, 0.717) is 18.1 Å². The van der Waals surface area contributed by atoms with Gasteiger partial charge in [0.25, 0.3) is 0 Å². The van der Waals surface area contributed by atoms with Crippen LogP contribution >= 0.6 is 12.2 Å². The lowest BCUT2D eigenvalue weighted by Crippen LogP contribution is -2.48. The summed E-state index contributed by atoms with van der Waals surface area (Å²) in [4.78, 5) is 11.1. The summed E-state index contributed by atoms with van der Waals surface area (Å²) in [6.45, 7) is 1.93. The van der Waals surface area contributed by atoms with E-state index < -0.39 is 0 Å². The third-order valence-electron chi connectivity index (χ3n) is 3.19. The molecule has 2 N–H and O–H groups in total. The molecule has 3 rings (SSSR count). The Morgan fingerprint density at radius 2 is 2.37 bits per heavy atom. The molecule has 1 aliphatic heterocycles. The Kier molecular flexibility index (Phi) is 3.03. The maximum absolute atomic E-state index is 5.65. The van der Waals surface area contributed by atoms with Gasteiger partial charge in [-0.1, -0.05) is 12.2 Å². The predicted octanol–water partition coefficient (Wildman–Crippen LogP) is -0.145. The number of ether oxygens (including phenoxy) is 1. The molecule has 0 spiro atoms. The van der Waals surface area contributed by atoms with Crippen molar-refractivity contribution < 1.29 is 4.74 Å². The number of aryl methyl sites for hydroxylation is 1. The molecule has 8 heteroatoms. The van der Waals surface area contributed by atoms with Crippen molar-refractivity contribution in [2.24, 2.45) is 12.8 Å². The van der Waals surface area contributed by atoms with Crippen LogP contribution in [-0.2, 0) is 11.8 Å². The predicted molar refractivity (Wildman–Crippen MR) is 75.0 cm³/mol. The zero-order valence-electron chi connectivity index (χ0n) is 10.5. The number of fused-ring (bicyclic) bond motifs is 1. The van der Waals surface area contributed by atoms with E-state index in [9.17, 15) is 0 Å². The summed E-state index contributed by atoms with van der Waals surface area (Å²) in [6, 6.07) is 0. The van der Waals surface area contributed by atoms with E-state index in [1.54, 1.807) is 17.2 Å². The number of nitrogens with two attached hydrogens (primary N) is 1. The van der Waals surface area contributed by atoms with Crippen LogP contribution in [0.3, 0.4) is 0 Å². The molecule has 1 fully saturated rings. The second-order valence-corrected chi connectivity index (χ2v) is 4.88. The molecule has 0 amide bonds. The molecule has 100 valence electrons. The first-order chi connectivity index (χ1) is 9.16. The average molecular weight is 278 g/mol. The van der Waals surface area contributed by atoms with Crippen molar-refractivity contribution in [2.45, 2.75) is 6.10 Å². The molecule has 1 atom stereocenters. The van der Waals surface area contributed by atoms with Crippen LogP contribution < -0.4 is 10.6 Å². The molecule has 0 saturated carbocycles. The third kappa shape index (κ3) is 2.13. The van der Waals surface area contributed by atoms with Gasteiger partial charge in [0.05, 0.1) is 24.7 Å². The second-order valence-electron chi connectivity index (χ2n) is 4.41. The first kappa shape index (κ1) is 12.2. The highest BCUT2D eigenvalue weighted by atomic mass is 32.1. The lowest BCUT2D eigenvalue weighted by molar-refractivity contribution is 0.0845. The molecule has 0 bridgehead atoms. The lowest BCUT2D eigenvalue weighted by Gasteiger charge is -2.33. The van der Waals surface area contributed by atoms with Gasteiger partial charge >= 0.3 is 0 Å². The topological polar surface area (TPSA) is 82.1 Å². The van der Waals surface area contributed by atoms with Crippen LogP contribution in [0.1, 0.15) is 0 Å². The molecule has 19 heavy (non-hydrogen) atoms. The van der Waals surface area contributed by atoms with Crippen LogP contribution in [0.15, 0.2) is 12.5 Å². The van der Waals surface area contributed by atoms with Gasteiger partial charge in [-0.15, -0.1) is 0 Å². The fourth-order valence-corrected chi connectivity index (χ4v) is 2.36. The molecular weight excluding hydrogens is 264 g/mol. The minimum atomic E-state index is -0.231. The normalized spacial score (nSPS) is 19.8. The molecule has 2 aromatic heterocycles. The van der Waals surface area contributed by atoms with Gasteiger partial charge in [0.15, 0.2) is 5.65 Å². The summed E-state index contributed by atoms with van der Waals surface area (Å²) in [5.41, 5.74) is 6.46. The van der Waals surface area contributed by atoms with E-state index in [2.05, 4.69) is 20.0 Å². The van der Waals surface area contributed by atoms with E-state index in [0.717, 1.165) is 23.4 Å². The average Bonchev–Trinajstić information content (AvgIpc) is 2.81. The van der Waals surface area contributed by atoms with Crippen LogP contribution in [-0.4, -0.2) is 50.5 Å². The van der Waals surface area contributed by atoms with Gasteiger partial charge in [0.2, 0.25) is 0 Å². The van der Waals surface area contributed by atoms with E-state index in [4.69, 9.17) is 22.7 Å². The van der Waals surface area contributed by atoms with Crippen LogP contribution in [0.5, 0.6) is 0 Å². The van der Waals surface area contributed by atoms with Crippen molar-refractivity contribution in [1.82, 2.24) is 19.7 Å². The summed E-state index contributed by atoms with van der Waals surface area (Å²) in [7, 11) is 1.86. The van der Waals surface area contributed by atoms with E-state index in [-0.39, 0.29) is 6.10 Å². The first-order valence-corrected chi connectivity index (χ1v) is 6.36. The molecule has 1 saturated heterocycles. The zero-order valence-corrected chi connectivity index (χ0v) is 11.3. The number of thiocarbonyl (C=S) groups is 1. The van der Waals surface area contributed by atoms with Gasteiger partial charge in [0, 0.05) is 13.6 Å². The first-order valence-electron chi connectivity index (χ1n) is 5.95. The number of morpholine rings is 1. The van der Waals surface area contributed by atoms with Crippen molar-refractivity contribution in [2.75, 3.05) is 24.6 Å². The number of rotatable bonds is 2.